The number of nitrogens with one attached hydrogen (secondary N) is 1. The molecule has 21 heavy (non-hydrogen) atoms. The zero-order valence-electron chi connectivity index (χ0n) is 11.4. The molecule has 1 heterocycles. The topological polar surface area (TPSA) is 37.9 Å². The van der Waals surface area contributed by atoms with E-state index < -0.39 is 0 Å². The van der Waals surface area contributed by atoms with Crippen molar-refractivity contribution in [3.05, 3.63) is 71.6 Å². The van der Waals surface area contributed by atoms with Gasteiger partial charge in [-0.1, -0.05) is 35.9 Å². The number of benzene rings is 2. The molecule has 0 aliphatic heterocycles. The zero-order chi connectivity index (χ0) is 14.5. The standard InChI is InChI=1S/C17H15ClN2O/c18-14-5-3-4-13(10-14)8-9-21-17-7-2-1-6-15(17)16-11-19-12-20-16/h1-7,10-12H,8-9H2,(H,19,20). The first-order valence-corrected chi connectivity index (χ1v) is 7.16. The van der Waals surface area contributed by atoms with Crippen LogP contribution in [-0.4, -0.2) is 16.6 Å². The van der Waals surface area contributed by atoms with Gasteiger partial charge in [0.15, 0.2) is 0 Å². The first kappa shape index (κ1) is 13.7. The van der Waals surface area contributed by atoms with Crippen molar-refractivity contribution in [2.75, 3.05) is 6.61 Å². The molecule has 1 aromatic heterocycles. The van der Waals surface area contributed by atoms with Crippen LogP contribution in [0.3, 0.4) is 0 Å². The lowest BCUT2D eigenvalue weighted by atomic mass is 10.1. The lowest BCUT2D eigenvalue weighted by Crippen LogP contribution is -2.02. The van der Waals surface area contributed by atoms with E-state index in [-0.39, 0.29) is 0 Å². The molecule has 2 aromatic carbocycles. The van der Waals surface area contributed by atoms with Crippen LogP contribution in [-0.2, 0) is 6.42 Å². The van der Waals surface area contributed by atoms with Crippen LogP contribution in [0.2, 0.25) is 5.02 Å². The molecule has 3 nitrogen and oxygen atoms in total. The number of imidazole rings is 1. The van der Waals surface area contributed by atoms with Crippen molar-refractivity contribution in [2.45, 2.75) is 6.42 Å². The molecule has 0 saturated heterocycles. The number of halogens is 1. The van der Waals surface area contributed by atoms with Gasteiger partial charge >= 0.3 is 0 Å². The second-order valence-electron chi connectivity index (χ2n) is 4.68. The van der Waals surface area contributed by atoms with Gasteiger partial charge < -0.3 is 9.72 Å². The lowest BCUT2D eigenvalue weighted by Gasteiger charge is -2.10. The van der Waals surface area contributed by atoms with Crippen LogP contribution in [0.4, 0.5) is 0 Å². The predicted octanol–water partition coefficient (Wildman–Crippen LogP) is 4.35. The normalized spacial score (nSPS) is 10.5. The molecule has 0 bridgehead atoms. The third-order valence-electron chi connectivity index (χ3n) is 3.20. The number of H-pyrrole nitrogens is 1. The van der Waals surface area contributed by atoms with E-state index in [1.807, 2.05) is 48.7 Å². The van der Waals surface area contributed by atoms with Gasteiger partial charge in [0.2, 0.25) is 0 Å². The number of aromatic nitrogens is 2. The molecule has 0 unspecified atom stereocenters. The molecule has 4 heteroatoms. The summed E-state index contributed by atoms with van der Waals surface area (Å²) in [6, 6.07) is 15.7. The van der Waals surface area contributed by atoms with Crippen LogP contribution < -0.4 is 4.74 Å². The molecule has 106 valence electrons. The fraction of sp³-hybridized carbons (Fsp3) is 0.118. The Morgan fingerprint density at radius 3 is 2.81 bits per heavy atom. The predicted molar refractivity (Wildman–Crippen MR) is 84.7 cm³/mol. The van der Waals surface area contributed by atoms with Gasteiger partial charge in [-0.05, 0) is 29.8 Å². The van der Waals surface area contributed by atoms with Crippen LogP contribution in [0.1, 0.15) is 5.56 Å². The summed E-state index contributed by atoms with van der Waals surface area (Å²) >= 11 is 5.98. The SMILES string of the molecule is Clc1cccc(CCOc2ccccc2-c2c[nH]cn2)c1. The summed E-state index contributed by atoms with van der Waals surface area (Å²) in [7, 11) is 0. The van der Waals surface area contributed by atoms with Gasteiger partial charge in [-0.25, -0.2) is 4.98 Å². The number of nitrogens with zero attached hydrogens (tertiary/aromatic N) is 1. The quantitative estimate of drug-likeness (QED) is 0.760. The van der Waals surface area contributed by atoms with Crippen molar-refractivity contribution in [2.24, 2.45) is 0 Å². The summed E-state index contributed by atoms with van der Waals surface area (Å²) in [5.74, 6) is 0.839. The molecule has 0 fully saturated rings. The van der Waals surface area contributed by atoms with Gasteiger partial charge in [-0.15, -0.1) is 0 Å². The maximum absolute atomic E-state index is 5.98. The average molecular weight is 299 g/mol. The van der Waals surface area contributed by atoms with E-state index in [9.17, 15) is 0 Å². The minimum Gasteiger partial charge on any atom is -0.493 e. The van der Waals surface area contributed by atoms with Gasteiger partial charge in [-0.2, -0.15) is 0 Å². The molecule has 0 aliphatic carbocycles. The van der Waals surface area contributed by atoms with Crippen molar-refractivity contribution in [3.8, 4) is 17.0 Å². The zero-order valence-corrected chi connectivity index (χ0v) is 12.2. The summed E-state index contributed by atoms with van der Waals surface area (Å²) in [6.45, 7) is 0.599. The molecular formula is C17H15ClN2O. The van der Waals surface area contributed by atoms with Crippen molar-refractivity contribution in [3.63, 3.8) is 0 Å². The Balaban J connectivity index is 1.69. The first-order valence-electron chi connectivity index (χ1n) is 6.78. The van der Waals surface area contributed by atoms with E-state index in [1.54, 1.807) is 6.33 Å². The monoisotopic (exact) mass is 298 g/mol. The third kappa shape index (κ3) is 3.44. The Kier molecular flexibility index (Phi) is 4.22. The molecule has 0 aliphatic rings. The van der Waals surface area contributed by atoms with E-state index >= 15 is 0 Å². The van der Waals surface area contributed by atoms with Crippen LogP contribution in [0.25, 0.3) is 11.3 Å². The average Bonchev–Trinajstić information content (AvgIpc) is 3.02. The Morgan fingerprint density at radius 2 is 2.00 bits per heavy atom. The van der Waals surface area contributed by atoms with E-state index in [0.29, 0.717) is 6.61 Å². The van der Waals surface area contributed by atoms with Gasteiger partial charge in [-0.3, -0.25) is 0 Å². The Hall–Kier alpha value is -2.26. The maximum atomic E-state index is 5.98. The van der Waals surface area contributed by atoms with Crippen molar-refractivity contribution in [1.29, 1.82) is 0 Å². The van der Waals surface area contributed by atoms with E-state index in [2.05, 4.69) is 16.0 Å². The largest absolute Gasteiger partial charge is 0.493 e. The molecule has 0 spiro atoms. The van der Waals surface area contributed by atoms with Crippen molar-refractivity contribution < 1.29 is 4.74 Å². The second kappa shape index (κ2) is 6.46. The Morgan fingerprint density at radius 1 is 1.10 bits per heavy atom. The highest BCUT2D eigenvalue weighted by molar-refractivity contribution is 6.30. The summed E-state index contributed by atoms with van der Waals surface area (Å²) in [5.41, 5.74) is 3.04. The number of aromatic amines is 1. The second-order valence-corrected chi connectivity index (χ2v) is 5.12. The third-order valence-corrected chi connectivity index (χ3v) is 3.43. The van der Waals surface area contributed by atoms with E-state index in [1.165, 1.54) is 5.56 Å². The Labute approximate surface area is 128 Å². The minimum atomic E-state index is 0.599. The molecule has 0 saturated carbocycles. The molecule has 0 atom stereocenters. The van der Waals surface area contributed by atoms with Gasteiger partial charge in [0.05, 0.1) is 18.6 Å². The molecule has 0 radical (unpaired) electrons. The maximum Gasteiger partial charge on any atom is 0.128 e. The number of rotatable bonds is 5. The number of ether oxygens (including phenoxy) is 1. The first-order chi connectivity index (χ1) is 10.3. The summed E-state index contributed by atoms with van der Waals surface area (Å²) in [5, 5.41) is 0.754. The molecule has 3 aromatic rings. The minimum absolute atomic E-state index is 0.599. The summed E-state index contributed by atoms with van der Waals surface area (Å²) in [6.07, 6.45) is 4.34. The molecule has 0 amide bonds. The van der Waals surface area contributed by atoms with Gasteiger partial charge in [0, 0.05) is 23.2 Å². The Bertz CT molecular complexity index is 710. The highest BCUT2D eigenvalue weighted by atomic mass is 35.5. The van der Waals surface area contributed by atoms with Crippen molar-refractivity contribution >= 4 is 11.6 Å². The lowest BCUT2D eigenvalue weighted by molar-refractivity contribution is 0.323. The molecule has 3 rings (SSSR count). The fourth-order valence-electron chi connectivity index (χ4n) is 2.18. The number of hydrogen-bond donors (Lipinski definition) is 1. The van der Waals surface area contributed by atoms with Crippen LogP contribution >= 0.6 is 11.6 Å². The van der Waals surface area contributed by atoms with Crippen LogP contribution in [0.15, 0.2) is 61.1 Å². The van der Waals surface area contributed by atoms with E-state index in [0.717, 1.165) is 28.5 Å². The number of para-hydroxylation sites is 1. The van der Waals surface area contributed by atoms with Gasteiger partial charge in [0.1, 0.15) is 5.75 Å². The van der Waals surface area contributed by atoms with Gasteiger partial charge in [0.25, 0.3) is 0 Å². The highest BCUT2D eigenvalue weighted by Crippen LogP contribution is 2.27. The van der Waals surface area contributed by atoms with Crippen molar-refractivity contribution in [1.82, 2.24) is 9.97 Å². The van der Waals surface area contributed by atoms with Crippen LogP contribution in [0, 0.1) is 0 Å². The van der Waals surface area contributed by atoms with E-state index in [4.69, 9.17) is 16.3 Å². The number of hydrogen-bond acceptors (Lipinski definition) is 2. The fourth-order valence-corrected chi connectivity index (χ4v) is 2.40. The molecular weight excluding hydrogens is 284 g/mol. The summed E-state index contributed by atoms with van der Waals surface area (Å²) in [4.78, 5) is 7.23. The highest BCUT2D eigenvalue weighted by Gasteiger charge is 2.07. The molecule has 1 N–H and O–H groups in total. The summed E-state index contributed by atoms with van der Waals surface area (Å²) < 4.78 is 5.91. The smallest absolute Gasteiger partial charge is 0.128 e. The van der Waals surface area contributed by atoms with Crippen LogP contribution in [0.5, 0.6) is 5.75 Å².